The van der Waals surface area contributed by atoms with Gasteiger partial charge in [0.1, 0.15) is 11.5 Å². The molecule has 0 heterocycles. The summed E-state index contributed by atoms with van der Waals surface area (Å²) >= 11 is 0. The van der Waals surface area contributed by atoms with E-state index in [4.69, 9.17) is 9.84 Å². The third-order valence-electron chi connectivity index (χ3n) is 5.17. The summed E-state index contributed by atoms with van der Waals surface area (Å²) in [7, 11) is -3.56. The Labute approximate surface area is 198 Å². The smallest absolute Gasteiger partial charge is 0.335 e. The lowest BCUT2D eigenvalue weighted by Crippen LogP contribution is -2.24. The van der Waals surface area contributed by atoms with Gasteiger partial charge in [-0.3, -0.25) is 0 Å². The van der Waals surface area contributed by atoms with Crippen LogP contribution in [0.25, 0.3) is 11.1 Å². The van der Waals surface area contributed by atoms with Gasteiger partial charge in [-0.05, 0) is 58.7 Å². The maximum Gasteiger partial charge on any atom is 0.335 e. The normalized spacial score (nSPS) is 11.2. The number of sulfonamides is 1. The molecule has 0 unspecified atom stereocenters. The molecule has 0 saturated carbocycles. The van der Waals surface area contributed by atoms with Crippen molar-refractivity contribution in [1.29, 1.82) is 0 Å². The van der Waals surface area contributed by atoms with Crippen molar-refractivity contribution in [3.8, 4) is 22.6 Å². The zero-order valence-corrected chi connectivity index (χ0v) is 19.0. The fourth-order valence-electron chi connectivity index (χ4n) is 3.36. The molecule has 7 heteroatoms. The summed E-state index contributed by atoms with van der Waals surface area (Å²) in [5.41, 5.74) is 3.48. The van der Waals surface area contributed by atoms with Crippen molar-refractivity contribution in [2.45, 2.75) is 12.3 Å². The van der Waals surface area contributed by atoms with Crippen molar-refractivity contribution >= 4 is 16.0 Å². The monoisotopic (exact) mass is 473 g/mol. The third-order valence-corrected chi connectivity index (χ3v) is 6.47. The maximum atomic E-state index is 12.5. The fourth-order valence-corrected chi connectivity index (χ4v) is 4.48. The first-order valence-electron chi connectivity index (χ1n) is 10.6. The molecule has 34 heavy (non-hydrogen) atoms. The number of benzene rings is 4. The quantitative estimate of drug-likeness (QED) is 0.337. The van der Waals surface area contributed by atoms with Crippen LogP contribution in [0.5, 0.6) is 11.5 Å². The van der Waals surface area contributed by atoms with Gasteiger partial charge in [0.05, 0.1) is 11.3 Å². The van der Waals surface area contributed by atoms with Gasteiger partial charge in [-0.2, -0.15) is 0 Å². The molecule has 0 aliphatic rings. The number of para-hydroxylation sites is 1. The number of nitrogens with one attached hydrogen (secondary N) is 1. The number of ether oxygens (including phenoxy) is 1. The number of carboxylic acid groups (broad SMARTS) is 1. The molecule has 0 aliphatic carbocycles. The molecule has 0 radical (unpaired) electrons. The Morgan fingerprint density at radius 3 is 1.82 bits per heavy atom. The summed E-state index contributed by atoms with van der Waals surface area (Å²) in [5, 5.41) is 8.94. The van der Waals surface area contributed by atoms with Crippen LogP contribution in [0.4, 0.5) is 0 Å². The summed E-state index contributed by atoms with van der Waals surface area (Å²) in [5.74, 6) is 0.338. The first kappa shape index (κ1) is 23.2. The molecule has 6 nitrogen and oxygen atoms in total. The Hall–Kier alpha value is -3.94. The van der Waals surface area contributed by atoms with Crippen molar-refractivity contribution < 1.29 is 23.1 Å². The molecule has 0 bridgehead atoms. The summed E-state index contributed by atoms with van der Waals surface area (Å²) in [6, 6.07) is 30.7. The van der Waals surface area contributed by atoms with Crippen molar-refractivity contribution in [2.75, 3.05) is 0 Å². The van der Waals surface area contributed by atoms with Crippen LogP contribution in [0.3, 0.4) is 0 Å². The number of hydrogen-bond acceptors (Lipinski definition) is 4. The number of aromatic carboxylic acids is 1. The zero-order valence-electron chi connectivity index (χ0n) is 18.2. The van der Waals surface area contributed by atoms with E-state index in [0.717, 1.165) is 22.6 Å². The summed E-state index contributed by atoms with van der Waals surface area (Å²) < 4.78 is 33.3. The van der Waals surface area contributed by atoms with Gasteiger partial charge in [0.2, 0.25) is 10.0 Å². The van der Waals surface area contributed by atoms with Gasteiger partial charge < -0.3 is 9.84 Å². The molecule has 0 spiro atoms. The number of carbonyl (C=O) groups is 1. The number of carboxylic acids is 1. The van der Waals surface area contributed by atoms with E-state index in [2.05, 4.69) is 4.72 Å². The van der Waals surface area contributed by atoms with E-state index < -0.39 is 16.0 Å². The van der Waals surface area contributed by atoms with Crippen LogP contribution in [0, 0.1) is 0 Å². The minimum atomic E-state index is -3.56. The highest BCUT2D eigenvalue weighted by Crippen LogP contribution is 2.26. The Morgan fingerprint density at radius 2 is 1.24 bits per heavy atom. The summed E-state index contributed by atoms with van der Waals surface area (Å²) in [4.78, 5) is 10.9. The second kappa shape index (κ2) is 10.3. The SMILES string of the molecule is O=C(O)c1ccc(CNS(=O)(=O)Cc2ccc(-c3ccc(Oc4ccccc4)cc3)cc2)cc1. The summed E-state index contributed by atoms with van der Waals surface area (Å²) in [6.45, 7) is 0.0950. The van der Waals surface area contributed by atoms with Gasteiger partial charge in [0, 0.05) is 6.54 Å². The van der Waals surface area contributed by atoms with Gasteiger partial charge in [-0.25, -0.2) is 17.9 Å². The minimum Gasteiger partial charge on any atom is -0.478 e. The van der Waals surface area contributed by atoms with E-state index in [0.29, 0.717) is 11.1 Å². The molecule has 0 aromatic heterocycles. The van der Waals surface area contributed by atoms with Crippen LogP contribution in [0.2, 0.25) is 0 Å². The van der Waals surface area contributed by atoms with E-state index in [-0.39, 0.29) is 17.9 Å². The molecule has 0 amide bonds. The first-order valence-corrected chi connectivity index (χ1v) is 12.2. The van der Waals surface area contributed by atoms with Gasteiger partial charge in [0.15, 0.2) is 0 Å². The second-order valence-electron chi connectivity index (χ2n) is 7.72. The standard InChI is InChI=1S/C27H23NO5S/c29-27(30)24-12-6-20(7-13-24)18-28-34(31,32)19-21-8-10-22(11-9-21)23-14-16-26(17-15-23)33-25-4-2-1-3-5-25/h1-17,28H,18-19H2,(H,29,30). The highest BCUT2D eigenvalue weighted by atomic mass is 32.2. The fraction of sp³-hybridized carbons (Fsp3) is 0.0741. The molecule has 0 aliphatic heterocycles. The van der Waals surface area contributed by atoms with Crippen LogP contribution in [0.1, 0.15) is 21.5 Å². The van der Waals surface area contributed by atoms with Gasteiger partial charge >= 0.3 is 5.97 Å². The lowest BCUT2D eigenvalue weighted by atomic mass is 10.0. The Balaban J connectivity index is 1.34. The zero-order chi connectivity index (χ0) is 24.0. The maximum absolute atomic E-state index is 12.5. The van der Waals surface area contributed by atoms with Gasteiger partial charge in [-0.1, -0.05) is 66.7 Å². The lowest BCUT2D eigenvalue weighted by molar-refractivity contribution is 0.0697. The van der Waals surface area contributed by atoms with E-state index in [1.54, 1.807) is 24.3 Å². The van der Waals surface area contributed by atoms with Gasteiger partial charge in [0.25, 0.3) is 0 Å². The van der Waals surface area contributed by atoms with Gasteiger partial charge in [-0.15, -0.1) is 0 Å². The topological polar surface area (TPSA) is 92.7 Å². The second-order valence-corrected chi connectivity index (χ2v) is 9.53. The Kier molecular flexibility index (Phi) is 7.06. The molecule has 0 atom stereocenters. The average molecular weight is 474 g/mol. The van der Waals surface area contributed by atoms with E-state index in [1.165, 1.54) is 12.1 Å². The average Bonchev–Trinajstić information content (AvgIpc) is 2.84. The molecular formula is C27H23NO5S. The van der Waals surface area contributed by atoms with Crippen LogP contribution in [0.15, 0.2) is 103 Å². The highest BCUT2D eigenvalue weighted by Gasteiger charge is 2.12. The molecule has 172 valence electrons. The molecule has 0 fully saturated rings. The van der Waals surface area contributed by atoms with Crippen molar-refractivity contribution in [2.24, 2.45) is 0 Å². The molecule has 2 N–H and O–H groups in total. The number of hydrogen-bond donors (Lipinski definition) is 2. The third kappa shape index (κ3) is 6.31. The van der Waals surface area contributed by atoms with Crippen molar-refractivity contribution in [3.05, 3.63) is 120 Å². The lowest BCUT2D eigenvalue weighted by Gasteiger charge is -2.09. The number of rotatable bonds is 9. The first-order chi connectivity index (χ1) is 16.4. The molecule has 0 saturated heterocycles. The summed E-state index contributed by atoms with van der Waals surface area (Å²) in [6.07, 6.45) is 0. The molecule has 4 aromatic rings. The minimum absolute atomic E-state index is 0.0950. The van der Waals surface area contributed by atoms with E-state index in [9.17, 15) is 13.2 Å². The van der Waals surface area contributed by atoms with Crippen molar-refractivity contribution in [3.63, 3.8) is 0 Å². The largest absolute Gasteiger partial charge is 0.478 e. The van der Waals surface area contributed by atoms with Crippen LogP contribution in [-0.2, 0) is 22.3 Å². The van der Waals surface area contributed by atoms with Crippen LogP contribution >= 0.6 is 0 Å². The van der Waals surface area contributed by atoms with Crippen LogP contribution in [-0.4, -0.2) is 19.5 Å². The van der Waals surface area contributed by atoms with E-state index in [1.807, 2.05) is 66.7 Å². The predicted octanol–water partition coefficient (Wildman–Crippen LogP) is 5.46. The van der Waals surface area contributed by atoms with Crippen molar-refractivity contribution in [1.82, 2.24) is 4.72 Å². The molecule has 4 aromatic carbocycles. The van der Waals surface area contributed by atoms with E-state index >= 15 is 0 Å². The Bertz CT molecular complexity index is 1350. The molecular weight excluding hydrogens is 450 g/mol. The van der Waals surface area contributed by atoms with Crippen LogP contribution < -0.4 is 9.46 Å². The Morgan fingerprint density at radius 1 is 0.706 bits per heavy atom. The predicted molar refractivity (Wildman–Crippen MR) is 131 cm³/mol. The molecule has 4 rings (SSSR count). The highest BCUT2D eigenvalue weighted by molar-refractivity contribution is 7.88.